The molecule has 9 nitrogen and oxygen atoms in total. The number of carbonyl (C=O) groups excluding carboxylic acids is 3. The van der Waals surface area contributed by atoms with E-state index in [0.29, 0.717) is 12.8 Å². The maximum absolute atomic E-state index is 12.3. The standard InChI is InChI=1S/C18H24N2O7/c1-3-4-5-6-9-19-18(23)16(11-17(22)26-2)27-14-7-8-15(20(24)25)13(10-14)12-21/h7-8,10,12,16H,3-6,9,11H2,1-2H3,(H,19,23). The molecule has 1 aromatic carbocycles. The monoisotopic (exact) mass is 380 g/mol. The molecule has 1 unspecified atom stereocenters. The van der Waals surface area contributed by atoms with Crippen LogP contribution in [0.1, 0.15) is 49.4 Å². The van der Waals surface area contributed by atoms with Crippen molar-refractivity contribution < 1.29 is 28.8 Å². The third kappa shape index (κ3) is 7.43. The van der Waals surface area contributed by atoms with E-state index in [9.17, 15) is 24.5 Å². The SMILES string of the molecule is CCCCCCNC(=O)C(CC(=O)OC)Oc1ccc([N+](=O)[O-])c(C=O)c1. The molecule has 0 saturated heterocycles. The fourth-order valence-electron chi connectivity index (χ4n) is 2.33. The second-order valence-electron chi connectivity index (χ2n) is 5.83. The molecule has 1 amide bonds. The van der Waals surface area contributed by atoms with Gasteiger partial charge in [-0.1, -0.05) is 26.2 Å². The number of nitro benzene ring substituents is 1. The number of aldehydes is 1. The fraction of sp³-hybridized carbons (Fsp3) is 0.500. The van der Waals surface area contributed by atoms with Gasteiger partial charge in [-0.3, -0.25) is 24.5 Å². The first-order valence-corrected chi connectivity index (χ1v) is 8.67. The molecular formula is C18H24N2O7. The van der Waals surface area contributed by atoms with E-state index in [1.54, 1.807) is 0 Å². The summed E-state index contributed by atoms with van der Waals surface area (Å²) in [5.41, 5.74) is -0.559. The lowest BCUT2D eigenvalue weighted by atomic mass is 10.1. The number of benzene rings is 1. The van der Waals surface area contributed by atoms with Crippen molar-refractivity contribution in [3.05, 3.63) is 33.9 Å². The van der Waals surface area contributed by atoms with Crippen molar-refractivity contribution in [2.75, 3.05) is 13.7 Å². The number of unbranched alkanes of at least 4 members (excludes halogenated alkanes) is 3. The highest BCUT2D eigenvalue weighted by Crippen LogP contribution is 2.24. The molecule has 9 heteroatoms. The van der Waals surface area contributed by atoms with Crippen LogP contribution in [0, 0.1) is 10.1 Å². The zero-order valence-corrected chi connectivity index (χ0v) is 15.4. The van der Waals surface area contributed by atoms with E-state index < -0.39 is 22.9 Å². The highest BCUT2D eigenvalue weighted by atomic mass is 16.6. The Morgan fingerprint density at radius 2 is 2.04 bits per heavy atom. The Kier molecular flexibility index (Phi) is 9.49. The Bertz CT molecular complexity index is 676. The average Bonchev–Trinajstić information content (AvgIpc) is 2.66. The van der Waals surface area contributed by atoms with Crippen LogP contribution >= 0.6 is 0 Å². The largest absolute Gasteiger partial charge is 0.480 e. The molecule has 27 heavy (non-hydrogen) atoms. The number of esters is 1. The maximum atomic E-state index is 12.3. The normalized spacial score (nSPS) is 11.3. The van der Waals surface area contributed by atoms with Gasteiger partial charge in [0, 0.05) is 12.6 Å². The molecule has 0 aliphatic heterocycles. The average molecular weight is 380 g/mol. The van der Waals surface area contributed by atoms with Gasteiger partial charge in [-0.25, -0.2) is 0 Å². The van der Waals surface area contributed by atoms with Crippen LogP contribution in [-0.2, 0) is 14.3 Å². The Morgan fingerprint density at radius 1 is 1.30 bits per heavy atom. The number of methoxy groups -OCH3 is 1. The Morgan fingerprint density at radius 3 is 2.63 bits per heavy atom. The van der Waals surface area contributed by atoms with E-state index in [0.717, 1.165) is 37.8 Å². The van der Waals surface area contributed by atoms with E-state index in [1.165, 1.54) is 13.2 Å². The number of hydrogen-bond donors (Lipinski definition) is 1. The van der Waals surface area contributed by atoms with Crippen LogP contribution in [0.3, 0.4) is 0 Å². The van der Waals surface area contributed by atoms with Gasteiger partial charge in [0.15, 0.2) is 12.4 Å². The molecule has 0 aliphatic rings. The first kappa shape index (κ1) is 22.1. The highest BCUT2D eigenvalue weighted by Gasteiger charge is 2.25. The number of nitrogens with one attached hydrogen (secondary N) is 1. The van der Waals surface area contributed by atoms with E-state index in [4.69, 9.17) is 4.74 Å². The minimum Gasteiger partial charge on any atom is -0.480 e. The lowest BCUT2D eigenvalue weighted by molar-refractivity contribution is -0.385. The van der Waals surface area contributed by atoms with E-state index in [2.05, 4.69) is 17.0 Å². The van der Waals surface area contributed by atoms with Crippen LogP contribution in [0.15, 0.2) is 18.2 Å². The summed E-state index contributed by atoms with van der Waals surface area (Å²) in [6, 6.07) is 3.53. The molecule has 1 aromatic rings. The van der Waals surface area contributed by atoms with E-state index >= 15 is 0 Å². The van der Waals surface area contributed by atoms with Gasteiger partial charge in [0.2, 0.25) is 0 Å². The van der Waals surface area contributed by atoms with Crippen molar-refractivity contribution in [3.8, 4) is 5.75 Å². The number of carbonyl (C=O) groups is 3. The first-order chi connectivity index (χ1) is 12.9. The lowest BCUT2D eigenvalue weighted by Crippen LogP contribution is -2.40. The van der Waals surface area contributed by atoms with Gasteiger partial charge in [0.1, 0.15) is 5.75 Å². The summed E-state index contributed by atoms with van der Waals surface area (Å²) in [5, 5.41) is 13.6. The molecule has 0 bridgehead atoms. The summed E-state index contributed by atoms with van der Waals surface area (Å²) in [5.74, 6) is -1.07. The van der Waals surface area contributed by atoms with Crippen LogP contribution in [0.2, 0.25) is 0 Å². The molecule has 0 saturated carbocycles. The summed E-state index contributed by atoms with van der Waals surface area (Å²) in [7, 11) is 1.19. The van der Waals surface area contributed by atoms with Crippen LogP contribution in [0.25, 0.3) is 0 Å². The van der Waals surface area contributed by atoms with Crippen molar-refractivity contribution in [2.45, 2.75) is 45.1 Å². The topological polar surface area (TPSA) is 125 Å². The van der Waals surface area contributed by atoms with Gasteiger partial charge in [-0.2, -0.15) is 0 Å². The summed E-state index contributed by atoms with van der Waals surface area (Å²) >= 11 is 0. The van der Waals surface area contributed by atoms with Crippen LogP contribution in [0.5, 0.6) is 5.75 Å². The fourth-order valence-corrected chi connectivity index (χ4v) is 2.33. The molecule has 0 heterocycles. The quantitative estimate of drug-likeness (QED) is 0.194. The Labute approximate surface area is 157 Å². The summed E-state index contributed by atoms with van der Waals surface area (Å²) in [6.07, 6.45) is 2.74. The number of amides is 1. The second-order valence-corrected chi connectivity index (χ2v) is 5.83. The number of nitro groups is 1. The molecule has 0 fully saturated rings. The predicted octanol–water partition coefficient (Wildman–Crippen LogP) is 2.41. The molecule has 0 radical (unpaired) electrons. The van der Waals surface area contributed by atoms with Crippen LogP contribution in [-0.4, -0.2) is 42.8 Å². The Balaban J connectivity index is 2.84. The second kappa shape index (κ2) is 11.6. The Hall–Kier alpha value is -2.97. The molecule has 0 spiro atoms. The predicted molar refractivity (Wildman–Crippen MR) is 96.7 cm³/mol. The summed E-state index contributed by atoms with van der Waals surface area (Å²) in [6.45, 7) is 2.52. The smallest absolute Gasteiger partial charge is 0.309 e. The van der Waals surface area contributed by atoms with Crippen LogP contribution < -0.4 is 10.1 Å². The minimum absolute atomic E-state index is 0.0673. The third-order valence-electron chi connectivity index (χ3n) is 3.80. The van der Waals surface area contributed by atoms with E-state index in [-0.39, 0.29) is 23.4 Å². The maximum Gasteiger partial charge on any atom is 0.309 e. The van der Waals surface area contributed by atoms with Crippen molar-refractivity contribution >= 4 is 23.9 Å². The third-order valence-corrected chi connectivity index (χ3v) is 3.80. The highest BCUT2D eigenvalue weighted by molar-refractivity contribution is 5.86. The molecule has 1 rings (SSSR count). The number of rotatable bonds is 12. The molecule has 0 aliphatic carbocycles. The van der Waals surface area contributed by atoms with Crippen molar-refractivity contribution in [2.24, 2.45) is 0 Å². The van der Waals surface area contributed by atoms with Crippen molar-refractivity contribution in [1.82, 2.24) is 5.32 Å². The van der Waals surface area contributed by atoms with Gasteiger partial charge in [0.25, 0.3) is 11.6 Å². The molecule has 1 N–H and O–H groups in total. The van der Waals surface area contributed by atoms with Gasteiger partial charge in [-0.15, -0.1) is 0 Å². The summed E-state index contributed by atoms with van der Waals surface area (Å²) < 4.78 is 10.1. The van der Waals surface area contributed by atoms with Gasteiger partial charge in [0.05, 0.1) is 24.0 Å². The van der Waals surface area contributed by atoms with Crippen LogP contribution in [0.4, 0.5) is 5.69 Å². The zero-order chi connectivity index (χ0) is 20.2. The molecule has 0 aromatic heterocycles. The lowest BCUT2D eigenvalue weighted by Gasteiger charge is -2.18. The molecule has 1 atom stereocenters. The minimum atomic E-state index is -1.18. The molecule has 148 valence electrons. The zero-order valence-electron chi connectivity index (χ0n) is 15.4. The van der Waals surface area contributed by atoms with Crippen molar-refractivity contribution in [1.29, 1.82) is 0 Å². The number of ether oxygens (including phenoxy) is 2. The van der Waals surface area contributed by atoms with E-state index in [1.807, 2.05) is 0 Å². The van der Waals surface area contributed by atoms with Crippen molar-refractivity contribution in [3.63, 3.8) is 0 Å². The summed E-state index contributed by atoms with van der Waals surface area (Å²) in [4.78, 5) is 45.1. The molecular weight excluding hydrogens is 356 g/mol. The number of hydrogen-bond acceptors (Lipinski definition) is 7. The van der Waals surface area contributed by atoms with Gasteiger partial charge < -0.3 is 14.8 Å². The first-order valence-electron chi connectivity index (χ1n) is 8.67. The van der Waals surface area contributed by atoms with Gasteiger partial charge >= 0.3 is 5.97 Å². The number of nitrogens with zero attached hydrogens (tertiary/aromatic N) is 1. The van der Waals surface area contributed by atoms with Gasteiger partial charge in [-0.05, 0) is 18.6 Å².